The molecule has 2 N–H and O–H groups in total. The molecule has 1 atom stereocenters. The van der Waals surface area contributed by atoms with E-state index < -0.39 is 0 Å². The number of benzene rings is 1. The molecule has 1 heterocycles. The van der Waals surface area contributed by atoms with E-state index in [0.717, 1.165) is 16.5 Å². The van der Waals surface area contributed by atoms with Crippen molar-refractivity contribution in [1.29, 1.82) is 0 Å². The topological polar surface area (TPSA) is 39.2 Å². The second-order valence-corrected chi connectivity index (χ2v) is 4.48. The van der Waals surface area contributed by atoms with Crippen molar-refractivity contribution in [1.82, 2.24) is 0 Å². The zero-order valence-corrected chi connectivity index (χ0v) is 9.77. The molecule has 0 aliphatic carbocycles. The lowest BCUT2D eigenvalue weighted by molar-refractivity contribution is 0.606. The van der Waals surface area contributed by atoms with Crippen molar-refractivity contribution in [2.24, 2.45) is 5.73 Å². The van der Waals surface area contributed by atoms with Crippen LogP contribution in [-0.2, 0) is 6.42 Å². The molecule has 2 rings (SSSR count). The van der Waals surface area contributed by atoms with Crippen LogP contribution < -0.4 is 5.73 Å². The lowest BCUT2D eigenvalue weighted by Gasteiger charge is -2.08. The average Bonchev–Trinajstić information content (AvgIpc) is 2.60. The second-order valence-electron chi connectivity index (χ2n) is 3.66. The fraction of sp³-hybridized carbons (Fsp3) is 0.273. The SMILES string of the molecule is CC(N)Cc1c(Cl)cc(Cl)c2ccoc12. The van der Waals surface area contributed by atoms with Crippen molar-refractivity contribution in [3.8, 4) is 0 Å². The minimum atomic E-state index is 0.0389. The Labute approximate surface area is 97.9 Å². The summed E-state index contributed by atoms with van der Waals surface area (Å²) in [5.41, 5.74) is 7.43. The lowest BCUT2D eigenvalue weighted by atomic mass is 10.1. The third-order valence-corrected chi connectivity index (χ3v) is 2.91. The maximum absolute atomic E-state index is 6.11. The molecule has 1 unspecified atom stereocenters. The van der Waals surface area contributed by atoms with Crippen LogP contribution in [0.3, 0.4) is 0 Å². The third kappa shape index (κ3) is 1.98. The molecule has 1 aromatic heterocycles. The van der Waals surface area contributed by atoms with Crippen molar-refractivity contribution >= 4 is 34.2 Å². The zero-order valence-electron chi connectivity index (χ0n) is 8.26. The van der Waals surface area contributed by atoms with Gasteiger partial charge >= 0.3 is 0 Å². The van der Waals surface area contributed by atoms with Gasteiger partial charge in [-0.3, -0.25) is 0 Å². The van der Waals surface area contributed by atoms with Crippen LogP contribution in [0.5, 0.6) is 0 Å². The minimum absolute atomic E-state index is 0.0389. The van der Waals surface area contributed by atoms with E-state index in [1.807, 2.05) is 13.0 Å². The quantitative estimate of drug-likeness (QED) is 0.875. The normalized spacial score (nSPS) is 13.3. The summed E-state index contributed by atoms with van der Waals surface area (Å²) in [6.45, 7) is 1.93. The average molecular weight is 244 g/mol. The number of rotatable bonds is 2. The molecule has 0 bridgehead atoms. The van der Waals surface area contributed by atoms with E-state index in [0.29, 0.717) is 16.5 Å². The molecule has 0 saturated heterocycles. The van der Waals surface area contributed by atoms with Crippen molar-refractivity contribution in [3.05, 3.63) is 34.0 Å². The standard InChI is InChI=1S/C11H11Cl2NO/c1-6(14)4-8-10(13)5-9(12)7-2-3-15-11(7)8/h2-3,5-6H,4,14H2,1H3. The Balaban J connectivity index is 2.65. The molecule has 1 aromatic carbocycles. The lowest BCUT2D eigenvalue weighted by Crippen LogP contribution is -2.18. The summed E-state index contributed by atoms with van der Waals surface area (Å²) < 4.78 is 5.39. The first kappa shape index (κ1) is 10.8. The van der Waals surface area contributed by atoms with Crippen LogP contribution in [0.2, 0.25) is 10.0 Å². The van der Waals surface area contributed by atoms with Gasteiger partial charge in [-0.1, -0.05) is 23.2 Å². The Morgan fingerprint density at radius 2 is 2.13 bits per heavy atom. The Kier molecular flexibility index (Phi) is 2.91. The Morgan fingerprint density at radius 3 is 2.80 bits per heavy atom. The van der Waals surface area contributed by atoms with Crippen molar-refractivity contribution < 1.29 is 4.42 Å². The molecule has 0 fully saturated rings. The van der Waals surface area contributed by atoms with Gasteiger partial charge in [0.05, 0.1) is 11.3 Å². The Hall–Kier alpha value is -0.700. The summed E-state index contributed by atoms with van der Waals surface area (Å²) in [7, 11) is 0. The van der Waals surface area contributed by atoms with Crippen LogP contribution in [0.4, 0.5) is 0 Å². The number of nitrogens with two attached hydrogens (primary N) is 1. The van der Waals surface area contributed by atoms with Gasteiger partial charge < -0.3 is 10.2 Å². The van der Waals surface area contributed by atoms with Gasteiger partial charge in [0.15, 0.2) is 0 Å². The van der Waals surface area contributed by atoms with Crippen LogP contribution in [0.1, 0.15) is 12.5 Å². The van der Waals surface area contributed by atoms with E-state index in [2.05, 4.69) is 0 Å². The molecule has 0 spiro atoms. The zero-order chi connectivity index (χ0) is 11.0. The summed E-state index contributed by atoms with van der Waals surface area (Å²) in [5, 5.41) is 2.11. The number of hydrogen-bond donors (Lipinski definition) is 1. The molecule has 80 valence electrons. The highest BCUT2D eigenvalue weighted by atomic mass is 35.5. The van der Waals surface area contributed by atoms with Crippen LogP contribution in [0.25, 0.3) is 11.0 Å². The number of fused-ring (bicyclic) bond motifs is 1. The fourth-order valence-electron chi connectivity index (χ4n) is 1.63. The molecule has 2 nitrogen and oxygen atoms in total. The van der Waals surface area contributed by atoms with E-state index in [4.69, 9.17) is 33.4 Å². The monoisotopic (exact) mass is 243 g/mol. The van der Waals surface area contributed by atoms with E-state index in [-0.39, 0.29) is 6.04 Å². The summed E-state index contributed by atoms with van der Waals surface area (Å²) in [6.07, 6.45) is 2.29. The second kappa shape index (κ2) is 4.05. The molecule has 0 amide bonds. The maximum Gasteiger partial charge on any atom is 0.140 e. The van der Waals surface area contributed by atoms with Crippen molar-refractivity contribution in [3.63, 3.8) is 0 Å². The van der Waals surface area contributed by atoms with Crippen LogP contribution >= 0.6 is 23.2 Å². The number of furan rings is 1. The van der Waals surface area contributed by atoms with Gasteiger partial charge in [-0.25, -0.2) is 0 Å². The Morgan fingerprint density at radius 1 is 1.40 bits per heavy atom. The summed E-state index contributed by atoms with van der Waals surface area (Å²) in [5.74, 6) is 0. The summed E-state index contributed by atoms with van der Waals surface area (Å²) >= 11 is 12.1. The number of hydrogen-bond acceptors (Lipinski definition) is 2. The molecular weight excluding hydrogens is 233 g/mol. The van der Waals surface area contributed by atoms with Crippen molar-refractivity contribution in [2.75, 3.05) is 0 Å². The summed E-state index contributed by atoms with van der Waals surface area (Å²) in [4.78, 5) is 0. The first-order valence-electron chi connectivity index (χ1n) is 4.69. The maximum atomic E-state index is 6.11. The van der Waals surface area contributed by atoms with Gasteiger partial charge in [0.25, 0.3) is 0 Å². The fourth-order valence-corrected chi connectivity index (χ4v) is 2.21. The highest BCUT2D eigenvalue weighted by Gasteiger charge is 2.13. The van der Waals surface area contributed by atoms with E-state index in [1.165, 1.54) is 0 Å². The molecule has 0 saturated carbocycles. The smallest absolute Gasteiger partial charge is 0.140 e. The molecular formula is C11H11Cl2NO. The highest BCUT2D eigenvalue weighted by Crippen LogP contribution is 2.33. The van der Waals surface area contributed by atoms with Gasteiger partial charge in [-0.2, -0.15) is 0 Å². The molecule has 0 aliphatic rings. The first-order valence-corrected chi connectivity index (χ1v) is 5.45. The van der Waals surface area contributed by atoms with Crippen molar-refractivity contribution in [2.45, 2.75) is 19.4 Å². The molecule has 0 aliphatic heterocycles. The van der Waals surface area contributed by atoms with Crippen LogP contribution in [0, 0.1) is 0 Å². The van der Waals surface area contributed by atoms with Gasteiger partial charge in [0, 0.05) is 22.0 Å². The van der Waals surface area contributed by atoms with Gasteiger partial charge in [0.1, 0.15) is 5.58 Å². The van der Waals surface area contributed by atoms with E-state index in [9.17, 15) is 0 Å². The molecule has 0 radical (unpaired) electrons. The largest absolute Gasteiger partial charge is 0.464 e. The molecule has 15 heavy (non-hydrogen) atoms. The minimum Gasteiger partial charge on any atom is -0.464 e. The molecule has 2 aromatic rings. The third-order valence-electron chi connectivity index (χ3n) is 2.26. The highest BCUT2D eigenvalue weighted by molar-refractivity contribution is 6.39. The summed E-state index contributed by atoms with van der Waals surface area (Å²) in [6, 6.07) is 3.61. The first-order chi connectivity index (χ1) is 7.09. The van der Waals surface area contributed by atoms with Gasteiger partial charge in [0.2, 0.25) is 0 Å². The number of halogens is 2. The predicted octanol–water partition coefficient (Wildman–Crippen LogP) is 3.63. The Bertz CT molecular complexity index is 491. The van der Waals surface area contributed by atoms with Gasteiger partial charge in [-0.05, 0) is 25.5 Å². The van der Waals surface area contributed by atoms with E-state index >= 15 is 0 Å². The van der Waals surface area contributed by atoms with Gasteiger partial charge in [-0.15, -0.1) is 0 Å². The predicted molar refractivity (Wildman–Crippen MR) is 63.6 cm³/mol. The van der Waals surface area contributed by atoms with Crippen LogP contribution in [-0.4, -0.2) is 6.04 Å². The molecule has 4 heteroatoms. The van der Waals surface area contributed by atoms with Crippen LogP contribution in [0.15, 0.2) is 22.8 Å². The van der Waals surface area contributed by atoms with E-state index in [1.54, 1.807) is 12.3 Å².